The normalized spacial score (nSPS) is 11.8. The number of rotatable bonds is 1. The minimum absolute atomic E-state index is 0.158. The summed E-state index contributed by atoms with van der Waals surface area (Å²) in [6.45, 7) is 5.40. The summed E-state index contributed by atoms with van der Waals surface area (Å²) in [5, 5.41) is 3.82. The first-order valence-corrected chi connectivity index (χ1v) is 6.06. The summed E-state index contributed by atoms with van der Waals surface area (Å²) in [7, 11) is 0. The molecule has 0 saturated carbocycles. The van der Waals surface area contributed by atoms with E-state index in [9.17, 15) is 4.79 Å². The van der Waals surface area contributed by atoms with E-state index in [0.717, 1.165) is 0 Å². The summed E-state index contributed by atoms with van der Waals surface area (Å²) in [4.78, 5) is 22.8. The fourth-order valence-corrected chi connectivity index (χ4v) is 1.85. The third-order valence-corrected chi connectivity index (χ3v) is 2.92. The molecule has 0 saturated heterocycles. The minimum atomic E-state index is -0.530. The molecule has 0 atom stereocenters. The SMILES string of the molecule is CC(C)(C)C(=O)Nc1nc(Cl)c2c(Cl)c[nH]c2n1. The number of fused-ring (bicyclic) bond motifs is 1. The summed E-state index contributed by atoms with van der Waals surface area (Å²) >= 11 is 11.9. The summed E-state index contributed by atoms with van der Waals surface area (Å²) in [5.41, 5.74) is -0.0396. The lowest BCUT2D eigenvalue weighted by molar-refractivity contribution is -0.123. The highest BCUT2D eigenvalue weighted by Crippen LogP contribution is 2.28. The van der Waals surface area contributed by atoms with Crippen LogP contribution in [-0.2, 0) is 4.79 Å². The van der Waals surface area contributed by atoms with Gasteiger partial charge in [-0.3, -0.25) is 10.1 Å². The highest BCUT2D eigenvalue weighted by molar-refractivity contribution is 6.41. The number of nitrogens with one attached hydrogen (secondary N) is 2. The Bertz CT molecular complexity index is 615. The van der Waals surface area contributed by atoms with E-state index in [4.69, 9.17) is 23.2 Å². The predicted molar refractivity (Wildman–Crippen MR) is 72.0 cm³/mol. The molecule has 2 heterocycles. The van der Waals surface area contributed by atoms with Gasteiger partial charge in [-0.15, -0.1) is 0 Å². The molecule has 0 aliphatic rings. The Morgan fingerprint density at radius 3 is 2.61 bits per heavy atom. The van der Waals surface area contributed by atoms with Crippen molar-refractivity contribution >= 4 is 46.1 Å². The highest BCUT2D eigenvalue weighted by atomic mass is 35.5. The number of hydrogen-bond acceptors (Lipinski definition) is 3. The van der Waals surface area contributed by atoms with Crippen LogP contribution in [0.4, 0.5) is 5.95 Å². The van der Waals surface area contributed by atoms with Crippen LogP contribution in [0.1, 0.15) is 20.8 Å². The molecule has 2 aromatic rings. The Balaban J connectivity index is 2.39. The first-order chi connectivity index (χ1) is 8.29. The van der Waals surface area contributed by atoms with Crippen molar-refractivity contribution in [2.45, 2.75) is 20.8 Å². The molecule has 0 aliphatic heterocycles. The van der Waals surface area contributed by atoms with Gasteiger partial charge in [-0.05, 0) is 0 Å². The molecule has 2 rings (SSSR count). The van der Waals surface area contributed by atoms with Crippen molar-refractivity contribution < 1.29 is 4.79 Å². The number of anilines is 1. The topological polar surface area (TPSA) is 70.7 Å². The maximum absolute atomic E-state index is 11.8. The van der Waals surface area contributed by atoms with Gasteiger partial charge in [0.05, 0.1) is 10.4 Å². The average molecular weight is 287 g/mol. The van der Waals surface area contributed by atoms with Crippen molar-refractivity contribution in [3.8, 4) is 0 Å². The number of amides is 1. The standard InChI is InChI=1S/C11H12Cl2N4O/c1-11(2,3)9(18)17-10-15-7(13)6-5(12)4-14-8(6)16-10/h4H,1-3H3,(H2,14,15,16,17,18). The molecule has 0 bridgehead atoms. The van der Waals surface area contributed by atoms with Crippen molar-refractivity contribution in [2.75, 3.05) is 5.32 Å². The van der Waals surface area contributed by atoms with Crippen LogP contribution < -0.4 is 5.32 Å². The van der Waals surface area contributed by atoms with Crippen molar-refractivity contribution in [3.63, 3.8) is 0 Å². The summed E-state index contributed by atoms with van der Waals surface area (Å²) in [5.74, 6) is -0.0264. The van der Waals surface area contributed by atoms with E-state index in [1.807, 2.05) is 0 Å². The fourth-order valence-electron chi connectivity index (χ4n) is 1.30. The molecular weight excluding hydrogens is 275 g/mol. The zero-order chi connectivity index (χ0) is 13.5. The smallest absolute Gasteiger partial charge is 0.232 e. The number of carbonyl (C=O) groups excluding carboxylic acids is 1. The van der Waals surface area contributed by atoms with E-state index in [-0.39, 0.29) is 17.0 Å². The number of H-pyrrole nitrogens is 1. The maximum Gasteiger partial charge on any atom is 0.232 e. The second kappa shape index (κ2) is 4.40. The number of aromatic nitrogens is 3. The van der Waals surface area contributed by atoms with Crippen LogP contribution in [0.2, 0.25) is 10.2 Å². The summed E-state index contributed by atoms with van der Waals surface area (Å²) in [6.07, 6.45) is 1.57. The Labute approximate surface area is 114 Å². The van der Waals surface area contributed by atoms with Crippen LogP contribution in [0.25, 0.3) is 11.0 Å². The molecule has 0 aromatic carbocycles. The molecule has 7 heteroatoms. The lowest BCUT2D eigenvalue weighted by Gasteiger charge is -2.16. The minimum Gasteiger partial charge on any atom is -0.344 e. The first kappa shape index (κ1) is 13.1. The van der Waals surface area contributed by atoms with Gasteiger partial charge < -0.3 is 4.98 Å². The zero-order valence-corrected chi connectivity index (χ0v) is 11.6. The molecule has 2 N–H and O–H groups in total. The molecule has 0 spiro atoms. The van der Waals surface area contributed by atoms with Crippen LogP contribution in [0.3, 0.4) is 0 Å². The first-order valence-electron chi connectivity index (χ1n) is 5.30. The van der Waals surface area contributed by atoms with Crippen molar-refractivity contribution in [1.29, 1.82) is 0 Å². The monoisotopic (exact) mass is 286 g/mol. The molecule has 0 fully saturated rings. The Morgan fingerprint density at radius 1 is 1.33 bits per heavy atom. The number of carbonyl (C=O) groups is 1. The lowest BCUT2D eigenvalue weighted by Crippen LogP contribution is -2.28. The van der Waals surface area contributed by atoms with Crippen LogP contribution in [0.5, 0.6) is 0 Å². The van der Waals surface area contributed by atoms with Gasteiger partial charge in [0.1, 0.15) is 10.8 Å². The highest BCUT2D eigenvalue weighted by Gasteiger charge is 2.22. The van der Waals surface area contributed by atoms with E-state index in [2.05, 4.69) is 20.3 Å². The fraction of sp³-hybridized carbons (Fsp3) is 0.364. The number of nitrogens with zero attached hydrogens (tertiary/aromatic N) is 2. The van der Waals surface area contributed by atoms with Gasteiger partial charge in [-0.1, -0.05) is 44.0 Å². The molecule has 0 radical (unpaired) electrons. The van der Waals surface area contributed by atoms with Crippen molar-refractivity contribution in [2.24, 2.45) is 5.41 Å². The maximum atomic E-state index is 11.8. The van der Waals surface area contributed by atoms with Gasteiger partial charge in [0.15, 0.2) is 0 Å². The number of hydrogen-bond donors (Lipinski definition) is 2. The van der Waals surface area contributed by atoms with Gasteiger partial charge in [0, 0.05) is 11.6 Å². The van der Waals surface area contributed by atoms with Gasteiger partial charge in [0.25, 0.3) is 0 Å². The molecule has 2 aromatic heterocycles. The van der Waals surface area contributed by atoms with E-state index in [1.165, 1.54) is 0 Å². The molecule has 1 amide bonds. The van der Waals surface area contributed by atoms with E-state index >= 15 is 0 Å². The predicted octanol–water partition coefficient (Wildman–Crippen LogP) is 3.25. The van der Waals surface area contributed by atoms with Crippen LogP contribution >= 0.6 is 23.2 Å². The van der Waals surface area contributed by atoms with Crippen LogP contribution in [0, 0.1) is 5.41 Å². The molecule has 18 heavy (non-hydrogen) atoms. The molecule has 5 nitrogen and oxygen atoms in total. The largest absolute Gasteiger partial charge is 0.344 e. The van der Waals surface area contributed by atoms with Gasteiger partial charge in [0.2, 0.25) is 11.9 Å². The lowest BCUT2D eigenvalue weighted by atomic mass is 9.96. The molecule has 0 unspecified atom stereocenters. The Hall–Kier alpha value is -1.33. The van der Waals surface area contributed by atoms with Gasteiger partial charge >= 0.3 is 0 Å². The Kier molecular flexibility index (Phi) is 3.21. The zero-order valence-electron chi connectivity index (χ0n) is 10.1. The third kappa shape index (κ3) is 2.42. The summed E-state index contributed by atoms with van der Waals surface area (Å²) in [6, 6.07) is 0. The number of aromatic amines is 1. The van der Waals surface area contributed by atoms with Crippen molar-refractivity contribution in [3.05, 3.63) is 16.4 Å². The van der Waals surface area contributed by atoms with Crippen LogP contribution in [-0.4, -0.2) is 20.9 Å². The van der Waals surface area contributed by atoms with Gasteiger partial charge in [-0.25, -0.2) is 0 Å². The summed E-state index contributed by atoms with van der Waals surface area (Å²) < 4.78 is 0. The average Bonchev–Trinajstić information content (AvgIpc) is 2.59. The van der Waals surface area contributed by atoms with Gasteiger partial charge in [-0.2, -0.15) is 9.97 Å². The van der Waals surface area contributed by atoms with Crippen LogP contribution in [0.15, 0.2) is 6.20 Å². The van der Waals surface area contributed by atoms with E-state index < -0.39 is 5.41 Å². The second-order valence-corrected chi connectivity index (χ2v) is 5.67. The number of halogens is 2. The quantitative estimate of drug-likeness (QED) is 0.791. The molecule has 0 aliphatic carbocycles. The Morgan fingerprint density at radius 2 is 2.00 bits per heavy atom. The molecule has 96 valence electrons. The van der Waals surface area contributed by atoms with E-state index in [0.29, 0.717) is 16.1 Å². The second-order valence-electron chi connectivity index (χ2n) is 4.90. The molecular formula is C11H12Cl2N4O. The van der Waals surface area contributed by atoms with E-state index in [1.54, 1.807) is 27.0 Å². The third-order valence-electron chi connectivity index (χ3n) is 2.35. The van der Waals surface area contributed by atoms with Crippen molar-refractivity contribution in [1.82, 2.24) is 15.0 Å².